The number of hydrogen-bond donors (Lipinski definition) is 3. The summed E-state index contributed by atoms with van der Waals surface area (Å²) in [6, 6.07) is 0. The zero-order valence-corrected chi connectivity index (χ0v) is 11.1. The molecule has 1 rings (SSSR count). The largest absolute Gasteiger partial charge is 0.393 e. The number of nitrogens with zero attached hydrogens (tertiary/aromatic N) is 3. The molecule has 0 aliphatic heterocycles. The van der Waals surface area contributed by atoms with Crippen molar-refractivity contribution in [2.24, 2.45) is 0 Å². The molecule has 0 saturated heterocycles. The minimum absolute atomic E-state index is 0.166. The van der Waals surface area contributed by atoms with Crippen molar-refractivity contribution in [3.8, 4) is 0 Å². The fraction of sp³-hybridized carbons (Fsp3) is 0.636. The molecule has 19 heavy (non-hydrogen) atoms. The summed E-state index contributed by atoms with van der Waals surface area (Å²) in [7, 11) is 0. The molecule has 0 spiro atoms. The monoisotopic (exact) mass is 269 g/mol. The highest BCUT2D eigenvalue weighted by molar-refractivity contribution is 5.56. The standard InChI is InChI=1S/C11H19N5O3/c1-3-8(17)5-6-13-10-9(16(18)19)7-14-11(15-10)12-4-2/h7-8,17H,3-6H2,1-2H3,(H2,12,13,14,15). The number of rotatable bonds is 8. The Bertz CT molecular complexity index is 427. The molecule has 1 atom stereocenters. The minimum atomic E-state index is -0.533. The number of anilines is 2. The van der Waals surface area contributed by atoms with E-state index < -0.39 is 11.0 Å². The van der Waals surface area contributed by atoms with Crippen molar-refractivity contribution in [3.63, 3.8) is 0 Å². The number of aliphatic hydroxyl groups is 1. The van der Waals surface area contributed by atoms with Crippen LogP contribution in [0.3, 0.4) is 0 Å². The minimum Gasteiger partial charge on any atom is -0.393 e. The summed E-state index contributed by atoms with van der Waals surface area (Å²) in [5, 5.41) is 26.1. The first-order valence-electron chi connectivity index (χ1n) is 6.25. The van der Waals surface area contributed by atoms with Gasteiger partial charge in [0.25, 0.3) is 0 Å². The van der Waals surface area contributed by atoms with Crippen LogP contribution in [0, 0.1) is 10.1 Å². The summed E-state index contributed by atoms with van der Waals surface area (Å²) in [6.45, 7) is 4.81. The predicted molar refractivity (Wildman–Crippen MR) is 72.3 cm³/mol. The molecule has 1 heterocycles. The number of nitro groups is 1. The van der Waals surface area contributed by atoms with Crippen LogP contribution in [0.1, 0.15) is 26.7 Å². The molecule has 0 bridgehead atoms. The molecule has 0 aliphatic rings. The van der Waals surface area contributed by atoms with E-state index in [1.165, 1.54) is 6.20 Å². The lowest BCUT2D eigenvalue weighted by atomic mass is 10.2. The number of aromatic nitrogens is 2. The SMILES string of the molecule is CCNc1ncc([N+](=O)[O-])c(NCCC(O)CC)n1. The molecule has 3 N–H and O–H groups in total. The van der Waals surface area contributed by atoms with Crippen molar-refractivity contribution in [3.05, 3.63) is 16.3 Å². The summed E-state index contributed by atoms with van der Waals surface area (Å²) >= 11 is 0. The van der Waals surface area contributed by atoms with Gasteiger partial charge in [-0.3, -0.25) is 10.1 Å². The Labute approximate surface area is 111 Å². The van der Waals surface area contributed by atoms with Crippen molar-refractivity contribution in [2.45, 2.75) is 32.8 Å². The smallest absolute Gasteiger partial charge is 0.329 e. The van der Waals surface area contributed by atoms with Crippen LogP contribution < -0.4 is 10.6 Å². The third-order valence-corrected chi connectivity index (χ3v) is 2.54. The predicted octanol–water partition coefficient (Wildman–Crippen LogP) is 1.39. The Morgan fingerprint density at radius 1 is 1.47 bits per heavy atom. The Hall–Kier alpha value is -1.96. The first kappa shape index (κ1) is 15.1. The van der Waals surface area contributed by atoms with Gasteiger partial charge in [-0.15, -0.1) is 0 Å². The Kier molecular flexibility index (Phi) is 5.94. The number of nitrogens with one attached hydrogen (secondary N) is 2. The van der Waals surface area contributed by atoms with Crippen LogP contribution in [0.5, 0.6) is 0 Å². The van der Waals surface area contributed by atoms with Gasteiger partial charge in [0.05, 0.1) is 11.0 Å². The Morgan fingerprint density at radius 3 is 2.79 bits per heavy atom. The highest BCUT2D eigenvalue weighted by Gasteiger charge is 2.17. The highest BCUT2D eigenvalue weighted by Crippen LogP contribution is 2.21. The summed E-state index contributed by atoms with van der Waals surface area (Å²) in [6.07, 6.45) is 1.91. The van der Waals surface area contributed by atoms with Crippen molar-refractivity contribution in [1.82, 2.24) is 9.97 Å². The van der Waals surface area contributed by atoms with Gasteiger partial charge in [0.1, 0.15) is 6.20 Å². The van der Waals surface area contributed by atoms with Crippen LogP contribution in [0.25, 0.3) is 0 Å². The molecule has 0 saturated carbocycles. The summed E-state index contributed by atoms with van der Waals surface area (Å²) < 4.78 is 0. The van der Waals surface area contributed by atoms with Gasteiger partial charge in [0, 0.05) is 13.1 Å². The van der Waals surface area contributed by atoms with E-state index >= 15 is 0 Å². The van der Waals surface area contributed by atoms with Crippen molar-refractivity contribution in [2.75, 3.05) is 23.7 Å². The summed E-state index contributed by atoms with van der Waals surface area (Å²) in [4.78, 5) is 18.2. The second kappa shape index (κ2) is 7.47. The van der Waals surface area contributed by atoms with E-state index in [1.807, 2.05) is 13.8 Å². The lowest BCUT2D eigenvalue weighted by Crippen LogP contribution is -2.14. The zero-order chi connectivity index (χ0) is 14.3. The first-order valence-corrected chi connectivity index (χ1v) is 6.25. The Balaban J connectivity index is 2.76. The van der Waals surface area contributed by atoms with Crippen molar-refractivity contribution >= 4 is 17.5 Å². The van der Waals surface area contributed by atoms with E-state index in [0.717, 1.165) is 0 Å². The van der Waals surface area contributed by atoms with Crippen LogP contribution in [0.4, 0.5) is 17.5 Å². The Morgan fingerprint density at radius 2 is 2.21 bits per heavy atom. The molecule has 0 radical (unpaired) electrons. The maximum absolute atomic E-state index is 10.9. The molecule has 106 valence electrons. The van der Waals surface area contributed by atoms with Gasteiger partial charge in [-0.2, -0.15) is 4.98 Å². The summed E-state index contributed by atoms with van der Waals surface area (Å²) in [5.41, 5.74) is -0.173. The maximum atomic E-state index is 10.9. The van der Waals surface area contributed by atoms with Gasteiger partial charge in [0.15, 0.2) is 0 Å². The van der Waals surface area contributed by atoms with Gasteiger partial charge in [-0.25, -0.2) is 4.98 Å². The first-order chi connectivity index (χ1) is 9.08. The van der Waals surface area contributed by atoms with E-state index in [0.29, 0.717) is 31.9 Å². The molecular formula is C11H19N5O3. The van der Waals surface area contributed by atoms with Gasteiger partial charge in [-0.05, 0) is 19.8 Å². The highest BCUT2D eigenvalue weighted by atomic mass is 16.6. The fourth-order valence-corrected chi connectivity index (χ4v) is 1.44. The molecule has 1 aromatic rings. The maximum Gasteiger partial charge on any atom is 0.329 e. The molecule has 0 amide bonds. The molecule has 1 aromatic heterocycles. The molecular weight excluding hydrogens is 250 g/mol. The van der Waals surface area contributed by atoms with E-state index in [4.69, 9.17) is 0 Å². The average Bonchev–Trinajstić information content (AvgIpc) is 2.38. The summed E-state index contributed by atoms with van der Waals surface area (Å²) in [5.74, 6) is 0.505. The lowest BCUT2D eigenvalue weighted by molar-refractivity contribution is -0.384. The molecule has 0 aliphatic carbocycles. The molecule has 8 heteroatoms. The molecule has 8 nitrogen and oxygen atoms in total. The van der Waals surface area contributed by atoms with E-state index in [1.54, 1.807) is 0 Å². The topological polar surface area (TPSA) is 113 Å². The van der Waals surface area contributed by atoms with Crippen molar-refractivity contribution in [1.29, 1.82) is 0 Å². The number of aliphatic hydroxyl groups excluding tert-OH is 1. The van der Waals surface area contributed by atoms with E-state index in [9.17, 15) is 15.2 Å². The zero-order valence-electron chi connectivity index (χ0n) is 11.1. The van der Waals surface area contributed by atoms with Crippen LogP contribution in [0.15, 0.2) is 6.20 Å². The molecule has 0 aromatic carbocycles. The van der Waals surface area contributed by atoms with E-state index in [-0.39, 0.29) is 11.5 Å². The normalized spacial score (nSPS) is 11.9. The quantitative estimate of drug-likeness (QED) is 0.482. The van der Waals surface area contributed by atoms with Gasteiger partial charge < -0.3 is 15.7 Å². The van der Waals surface area contributed by atoms with Gasteiger partial charge in [0.2, 0.25) is 11.8 Å². The van der Waals surface area contributed by atoms with Crippen LogP contribution in [-0.2, 0) is 0 Å². The lowest BCUT2D eigenvalue weighted by Gasteiger charge is -2.10. The number of hydrogen-bond acceptors (Lipinski definition) is 7. The molecule has 0 fully saturated rings. The fourth-order valence-electron chi connectivity index (χ4n) is 1.44. The molecule has 1 unspecified atom stereocenters. The van der Waals surface area contributed by atoms with Crippen LogP contribution in [0.2, 0.25) is 0 Å². The third kappa shape index (κ3) is 4.66. The second-order valence-electron chi connectivity index (χ2n) is 3.99. The average molecular weight is 269 g/mol. The third-order valence-electron chi connectivity index (χ3n) is 2.54. The van der Waals surface area contributed by atoms with Crippen molar-refractivity contribution < 1.29 is 10.0 Å². The van der Waals surface area contributed by atoms with Gasteiger partial charge in [-0.1, -0.05) is 6.92 Å². The van der Waals surface area contributed by atoms with E-state index in [2.05, 4.69) is 20.6 Å². The van der Waals surface area contributed by atoms with Crippen LogP contribution >= 0.6 is 0 Å². The second-order valence-corrected chi connectivity index (χ2v) is 3.99. The van der Waals surface area contributed by atoms with Gasteiger partial charge >= 0.3 is 5.69 Å². The van der Waals surface area contributed by atoms with Crippen LogP contribution in [-0.4, -0.2) is 39.2 Å².